The van der Waals surface area contributed by atoms with Crippen molar-refractivity contribution in [2.75, 3.05) is 6.54 Å². The van der Waals surface area contributed by atoms with Crippen molar-refractivity contribution in [3.63, 3.8) is 0 Å². The third-order valence-electron chi connectivity index (χ3n) is 6.40. The molecule has 0 saturated carbocycles. The fourth-order valence-corrected chi connectivity index (χ4v) is 4.47. The Kier molecular flexibility index (Phi) is 8.07. The zero-order chi connectivity index (χ0) is 25.5. The molecule has 3 aromatic rings. The summed E-state index contributed by atoms with van der Waals surface area (Å²) in [4.78, 5) is 38.4. The van der Waals surface area contributed by atoms with Crippen LogP contribution in [0.2, 0.25) is 0 Å². The van der Waals surface area contributed by atoms with Gasteiger partial charge in [0, 0.05) is 30.3 Å². The molecule has 0 spiro atoms. The summed E-state index contributed by atoms with van der Waals surface area (Å²) >= 11 is 0. The van der Waals surface area contributed by atoms with Crippen LogP contribution in [0.5, 0.6) is 0 Å². The number of carbonyl (C=O) groups is 2. The molecule has 0 radical (unpaired) electrons. The molecule has 1 N–H and O–H groups in total. The Labute approximate surface area is 210 Å². The molecule has 3 aromatic carbocycles. The first-order valence-electron chi connectivity index (χ1n) is 12.0. The maximum Gasteiger partial charge on any atom is 0.272 e. The fraction of sp³-hybridized carbons (Fsp3) is 0.286. The number of hydrogen-bond acceptors (Lipinski definition) is 5. The number of nitrogens with one attached hydrogen (secondary N) is 1. The summed E-state index contributed by atoms with van der Waals surface area (Å²) in [5, 5.41) is 14.1. The number of carbonyl (C=O) groups excluding carboxylic acids is 2. The third kappa shape index (κ3) is 5.95. The topological polar surface area (TPSA) is 102 Å². The zero-order valence-corrected chi connectivity index (χ0v) is 20.2. The summed E-state index contributed by atoms with van der Waals surface area (Å²) in [6.07, 6.45) is 1.30. The third-order valence-corrected chi connectivity index (χ3v) is 6.40. The van der Waals surface area contributed by atoms with Crippen molar-refractivity contribution >= 4 is 17.5 Å². The van der Waals surface area contributed by atoms with Crippen LogP contribution >= 0.6 is 0 Å². The number of nitro groups is 1. The predicted molar refractivity (Wildman–Crippen MR) is 135 cm³/mol. The maximum atomic E-state index is 13.1. The number of nitrogens with zero attached hydrogens (tertiary/aromatic N) is 2. The number of ether oxygens (including phenoxy) is 1. The largest absolute Gasteiger partial charge is 0.372 e. The van der Waals surface area contributed by atoms with E-state index in [0.717, 1.165) is 23.1 Å². The summed E-state index contributed by atoms with van der Waals surface area (Å²) in [7, 11) is 0. The van der Waals surface area contributed by atoms with Gasteiger partial charge in [-0.2, -0.15) is 0 Å². The molecule has 1 aliphatic rings. The summed E-state index contributed by atoms with van der Waals surface area (Å²) < 4.78 is 5.88. The van der Waals surface area contributed by atoms with Crippen LogP contribution in [0.4, 0.5) is 5.69 Å². The molecule has 1 unspecified atom stereocenters. The van der Waals surface area contributed by atoms with Gasteiger partial charge < -0.3 is 15.0 Å². The van der Waals surface area contributed by atoms with Gasteiger partial charge in [-0.25, -0.2) is 0 Å². The summed E-state index contributed by atoms with van der Waals surface area (Å²) in [6, 6.07) is 21.5. The number of likely N-dealkylation sites (tertiary alicyclic amines) is 1. The van der Waals surface area contributed by atoms with Crippen LogP contribution in [0.25, 0.3) is 0 Å². The Morgan fingerprint density at radius 1 is 1.03 bits per heavy atom. The Morgan fingerprint density at radius 2 is 1.75 bits per heavy atom. The van der Waals surface area contributed by atoms with Gasteiger partial charge in [-0.3, -0.25) is 19.7 Å². The summed E-state index contributed by atoms with van der Waals surface area (Å²) in [5.74, 6) is -0.500. The van der Waals surface area contributed by atoms with Crippen LogP contribution in [0.15, 0.2) is 72.8 Å². The predicted octanol–water partition coefficient (Wildman–Crippen LogP) is 4.54. The highest BCUT2D eigenvalue weighted by atomic mass is 16.6. The minimum Gasteiger partial charge on any atom is -0.372 e. The molecular weight excluding hydrogens is 458 g/mol. The molecule has 0 bridgehead atoms. The van der Waals surface area contributed by atoms with Gasteiger partial charge in [0.15, 0.2) is 0 Å². The molecular formula is C28H29N3O5. The number of rotatable bonds is 9. The number of benzene rings is 3. The van der Waals surface area contributed by atoms with Gasteiger partial charge in [-0.05, 0) is 48.6 Å². The number of aryl methyl sites for hydroxylation is 1. The SMILES string of the molecule is Cc1cc(C(=O)N2CCCC2C(=O)NCc2ccccc2COCc2ccccc2)ccc1[N+](=O)[O-]. The van der Waals surface area contributed by atoms with Gasteiger partial charge in [0.2, 0.25) is 5.91 Å². The number of amides is 2. The van der Waals surface area contributed by atoms with E-state index >= 15 is 0 Å². The molecule has 186 valence electrons. The number of nitro benzene ring substituents is 1. The van der Waals surface area contributed by atoms with E-state index in [4.69, 9.17) is 4.74 Å². The first-order chi connectivity index (χ1) is 17.4. The van der Waals surface area contributed by atoms with Gasteiger partial charge in [0.05, 0.1) is 18.1 Å². The molecule has 1 aliphatic heterocycles. The second-order valence-corrected chi connectivity index (χ2v) is 8.88. The van der Waals surface area contributed by atoms with Crippen molar-refractivity contribution in [2.24, 2.45) is 0 Å². The van der Waals surface area contributed by atoms with Crippen molar-refractivity contribution in [3.8, 4) is 0 Å². The normalized spacial score (nSPS) is 15.0. The minimum absolute atomic E-state index is 0.0336. The molecule has 2 amide bonds. The Balaban J connectivity index is 1.36. The van der Waals surface area contributed by atoms with E-state index in [0.29, 0.717) is 43.9 Å². The second kappa shape index (κ2) is 11.6. The van der Waals surface area contributed by atoms with E-state index in [2.05, 4.69) is 5.32 Å². The highest BCUT2D eigenvalue weighted by Gasteiger charge is 2.34. The van der Waals surface area contributed by atoms with Gasteiger partial charge in [-0.1, -0.05) is 54.6 Å². The Morgan fingerprint density at radius 3 is 2.47 bits per heavy atom. The molecule has 1 heterocycles. The van der Waals surface area contributed by atoms with Gasteiger partial charge in [-0.15, -0.1) is 0 Å². The fourth-order valence-electron chi connectivity index (χ4n) is 4.47. The van der Waals surface area contributed by atoms with E-state index in [1.54, 1.807) is 11.8 Å². The van der Waals surface area contributed by atoms with E-state index in [1.165, 1.54) is 18.2 Å². The summed E-state index contributed by atoms with van der Waals surface area (Å²) in [6.45, 7) is 3.33. The maximum absolute atomic E-state index is 13.1. The van der Waals surface area contributed by atoms with Gasteiger partial charge >= 0.3 is 0 Å². The molecule has 8 heteroatoms. The smallest absolute Gasteiger partial charge is 0.272 e. The Bertz CT molecular complexity index is 1240. The highest BCUT2D eigenvalue weighted by Crippen LogP contribution is 2.24. The molecule has 0 aromatic heterocycles. The Hall–Kier alpha value is -4.04. The molecule has 8 nitrogen and oxygen atoms in total. The first kappa shape index (κ1) is 25.1. The van der Waals surface area contributed by atoms with E-state index < -0.39 is 11.0 Å². The van der Waals surface area contributed by atoms with Crippen LogP contribution < -0.4 is 5.32 Å². The quantitative estimate of drug-likeness (QED) is 0.353. The number of hydrogen-bond donors (Lipinski definition) is 1. The van der Waals surface area contributed by atoms with Crippen LogP contribution in [-0.2, 0) is 29.3 Å². The first-order valence-corrected chi connectivity index (χ1v) is 12.0. The van der Waals surface area contributed by atoms with Crippen LogP contribution in [0.1, 0.15) is 45.5 Å². The average Bonchev–Trinajstić information content (AvgIpc) is 3.38. The lowest BCUT2D eigenvalue weighted by atomic mass is 10.1. The van der Waals surface area contributed by atoms with Crippen LogP contribution in [0.3, 0.4) is 0 Å². The second-order valence-electron chi connectivity index (χ2n) is 8.88. The molecule has 1 fully saturated rings. The van der Waals surface area contributed by atoms with Crippen molar-refractivity contribution in [2.45, 2.75) is 45.6 Å². The van der Waals surface area contributed by atoms with E-state index in [1.807, 2.05) is 54.6 Å². The molecule has 0 aliphatic carbocycles. The van der Waals surface area contributed by atoms with Crippen LogP contribution in [0, 0.1) is 17.0 Å². The standard InChI is InChI=1S/C28H29N3O5/c1-20-16-22(13-14-25(20)31(34)35)28(33)30-15-7-12-26(30)27(32)29-17-23-10-5-6-11-24(23)19-36-18-21-8-3-2-4-9-21/h2-6,8-11,13-14,16,26H,7,12,15,17-19H2,1H3,(H,29,32). The monoisotopic (exact) mass is 487 g/mol. The molecule has 4 rings (SSSR count). The lowest BCUT2D eigenvalue weighted by Gasteiger charge is -2.24. The molecule has 1 atom stereocenters. The lowest BCUT2D eigenvalue weighted by molar-refractivity contribution is -0.385. The van der Waals surface area contributed by atoms with Crippen molar-refractivity contribution in [1.82, 2.24) is 10.2 Å². The molecule has 36 heavy (non-hydrogen) atoms. The zero-order valence-electron chi connectivity index (χ0n) is 20.2. The molecule has 1 saturated heterocycles. The van der Waals surface area contributed by atoms with Crippen LogP contribution in [-0.4, -0.2) is 34.2 Å². The van der Waals surface area contributed by atoms with Crippen molar-refractivity contribution in [3.05, 3.63) is 111 Å². The minimum atomic E-state index is -0.575. The lowest BCUT2D eigenvalue weighted by Crippen LogP contribution is -2.45. The van der Waals surface area contributed by atoms with Gasteiger partial charge in [0.25, 0.3) is 11.6 Å². The highest BCUT2D eigenvalue weighted by molar-refractivity contribution is 5.98. The average molecular weight is 488 g/mol. The van der Waals surface area contributed by atoms with Crippen molar-refractivity contribution < 1.29 is 19.2 Å². The van der Waals surface area contributed by atoms with Gasteiger partial charge in [0.1, 0.15) is 6.04 Å². The summed E-state index contributed by atoms with van der Waals surface area (Å²) in [5.41, 5.74) is 3.78. The van der Waals surface area contributed by atoms with Crippen molar-refractivity contribution in [1.29, 1.82) is 0 Å². The van der Waals surface area contributed by atoms with E-state index in [9.17, 15) is 19.7 Å². The van der Waals surface area contributed by atoms with E-state index in [-0.39, 0.29) is 17.5 Å².